The molecule has 0 spiro atoms. The maximum absolute atomic E-state index is 8.54. The van der Waals surface area contributed by atoms with Crippen LogP contribution in [0.5, 0.6) is 5.75 Å². The molecule has 5 nitrogen and oxygen atoms in total. The molecule has 5 heteroatoms. The molecule has 2 aromatic rings. The van der Waals surface area contributed by atoms with Crippen molar-refractivity contribution >= 4 is 0 Å². The third-order valence-electron chi connectivity index (χ3n) is 2.69. The van der Waals surface area contributed by atoms with Crippen LogP contribution in [0.3, 0.4) is 0 Å². The van der Waals surface area contributed by atoms with E-state index in [1.165, 1.54) is 0 Å². The highest BCUT2D eigenvalue weighted by molar-refractivity contribution is 5.33. The topological polar surface area (TPSA) is 62.9 Å². The lowest BCUT2D eigenvalue weighted by Gasteiger charge is -2.10. The fourth-order valence-corrected chi connectivity index (χ4v) is 1.75. The van der Waals surface area contributed by atoms with Gasteiger partial charge in [-0.25, -0.2) is 4.98 Å². The maximum Gasteiger partial charge on any atom is 0.174 e. The Balaban J connectivity index is 1.80. The molecule has 0 aliphatic heterocycles. The predicted molar refractivity (Wildman–Crippen MR) is 71.5 cm³/mol. The van der Waals surface area contributed by atoms with Crippen LogP contribution in [0.2, 0.25) is 0 Å². The summed E-state index contributed by atoms with van der Waals surface area (Å²) in [5, 5.41) is 11.9. The number of para-hydroxylation sites is 1. The minimum Gasteiger partial charge on any atom is -0.478 e. The highest BCUT2D eigenvalue weighted by Crippen LogP contribution is 2.17. The van der Waals surface area contributed by atoms with Crippen LogP contribution in [-0.2, 0) is 13.1 Å². The van der Waals surface area contributed by atoms with E-state index >= 15 is 0 Å². The van der Waals surface area contributed by atoms with Crippen LogP contribution in [-0.4, -0.2) is 22.7 Å². The Bertz CT molecular complexity index is 531. The van der Waals surface area contributed by atoms with Crippen molar-refractivity contribution in [3.63, 3.8) is 0 Å². The van der Waals surface area contributed by atoms with Crippen LogP contribution in [0.1, 0.15) is 5.56 Å². The van der Waals surface area contributed by atoms with E-state index in [0.29, 0.717) is 0 Å². The SMILES string of the molecule is N#CCOc1ccccc1CNCCn1ccnc1. The second kappa shape index (κ2) is 7.19. The van der Waals surface area contributed by atoms with Crippen molar-refractivity contribution in [1.82, 2.24) is 14.9 Å². The van der Waals surface area contributed by atoms with Gasteiger partial charge in [0.25, 0.3) is 0 Å². The van der Waals surface area contributed by atoms with E-state index in [0.717, 1.165) is 30.9 Å². The fourth-order valence-electron chi connectivity index (χ4n) is 1.75. The van der Waals surface area contributed by atoms with E-state index in [1.807, 2.05) is 41.1 Å². The first-order valence-corrected chi connectivity index (χ1v) is 6.14. The van der Waals surface area contributed by atoms with Gasteiger partial charge >= 0.3 is 0 Å². The van der Waals surface area contributed by atoms with Crippen molar-refractivity contribution in [2.24, 2.45) is 0 Å². The van der Waals surface area contributed by atoms with Crippen LogP contribution in [0, 0.1) is 11.3 Å². The molecule has 0 unspecified atom stereocenters. The standard InChI is InChI=1S/C14H16N4O/c15-5-10-19-14-4-2-1-3-13(14)11-16-6-8-18-9-7-17-12-18/h1-4,7,9,12,16H,6,8,10-11H2. The number of rotatable bonds is 7. The Morgan fingerprint density at radius 1 is 1.37 bits per heavy atom. The number of hydrogen-bond acceptors (Lipinski definition) is 4. The zero-order valence-corrected chi connectivity index (χ0v) is 10.6. The van der Waals surface area contributed by atoms with Crippen LogP contribution in [0.15, 0.2) is 43.0 Å². The summed E-state index contributed by atoms with van der Waals surface area (Å²) in [6, 6.07) is 9.72. The predicted octanol–water partition coefficient (Wildman–Crippen LogP) is 1.58. The van der Waals surface area contributed by atoms with Crippen molar-refractivity contribution < 1.29 is 4.74 Å². The Hall–Kier alpha value is -2.32. The van der Waals surface area contributed by atoms with Crippen molar-refractivity contribution in [3.8, 4) is 11.8 Å². The zero-order chi connectivity index (χ0) is 13.3. The van der Waals surface area contributed by atoms with Gasteiger partial charge in [0.1, 0.15) is 11.8 Å². The Kier molecular flexibility index (Phi) is 4.96. The summed E-state index contributed by atoms with van der Waals surface area (Å²) in [4.78, 5) is 3.99. The van der Waals surface area contributed by atoms with Crippen LogP contribution in [0.4, 0.5) is 0 Å². The molecule has 0 fully saturated rings. The van der Waals surface area contributed by atoms with Gasteiger partial charge in [-0.05, 0) is 6.07 Å². The average Bonchev–Trinajstić information content (AvgIpc) is 2.95. The molecule has 0 saturated heterocycles. The van der Waals surface area contributed by atoms with Crippen molar-refractivity contribution in [3.05, 3.63) is 48.5 Å². The molecule has 98 valence electrons. The van der Waals surface area contributed by atoms with Crippen LogP contribution in [0.25, 0.3) is 0 Å². The van der Waals surface area contributed by atoms with Crippen LogP contribution >= 0.6 is 0 Å². The summed E-state index contributed by atoms with van der Waals surface area (Å²) in [7, 11) is 0. The molecule has 19 heavy (non-hydrogen) atoms. The molecule has 0 aliphatic carbocycles. The van der Waals surface area contributed by atoms with Gasteiger partial charge in [0, 0.05) is 37.6 Å². The Morgan fingerprint density at radius 3 is 3.05 bits per heavy atom. The molecule has 0 radical (unpaired) electrons. The number of nitrogens with one attached hydrogen (secondary N) is 1. The molecule has 0 amide bonds. The Labute approximate surface area is 112 Å². The van der Waals surface area contributed by atoms with Crippen LogP contribution < -0.4 is 10.1 Å². The summed E-state index contributed by atoms with van der Waals surface area (Å²) in [5.41, 5.74) is 1.06. The maximum atomic E-state index is 8.54. The summed E-state index contributed by atoms with van der Waals surface area (Å²) < 4.78 is 7.39. The normalized spacial score (nSPS) is 10.1. The van der Waals surface area contributed by atoms with E-state index < -0.39 is 0 Å². The largest absolute Gasteiger partial charge is 0.478 e. The second-order valence-electron chi connectivity index (χ2n) is 4.03. The first kappa shape index (κ1) is 13.1. The minimum absolute atomic E-state index is 0.0754. The summed E-state index contributed by atoms with van der Waals surface area (Å²) in [6.07, 6.45) is 5.50. The number of imidazole rings is 1. The van der Waals surface area contributed by atoms with E-state index in [2.05, 4.69) is 10.3 Å². The zero-order valence-electron chi connectivity index (χ0n) is 10.6. The molecule has 0 saturated carbocycles. The summed E-state index contributed by atoms with van der Waals surface area (Å²) in [5.74, 6) is 0.763. The van der Waals surface area contributed by atoms with Gasteiger partial charge in [-0.15, -0.1) is 0 Å². The first-order valence-electron chi connectivity index (χ1n) is 6.14. The minimum atomic E-state index is 0.0754. The summed E-state index contributed by atoms with van der Waals surface area (Å²) in [6.45, 7) is 2.52. The van der Waals surface area contributed by atoms with Gasteiger partial charge in [0.2, 0.25) is 0 Å². The van der Waals surface area contributed by atoms with Gasteiger partial charge in [0.15, 0.2) is 6.61 Å². The lowest BCUT2D eigenvalue weighted by atomic mass is 10.2. The van der Waals surface area contributed by atoms with Gasteiger partial charge in [-0.1, -0.05) is 18.2 Å². The van der Waals surface area contributed by atoms with E-state index in [9.17, 15) is 0 Å². The number of nitrogens with zero attached hydrogens (tertiary/aromatic N) is 3. The van der Waals surface area contributed by atoms with Gasteiger partial charge in [-0.3, -0.25) is 0 Å². The van der Waals surface area contributed by atoms with Crippen molar-refractivity contribution in [2.45, 2.75) is 13.1 Å². The second-order valence-corrected chi connectivity index (χ2v) is 4.03. The average molecular weight is 256 g/mol. The van der Waals surface area contributed by atoms with Gasteiger partial charge in [0.05, 0.1) is 6.33 Å². The number of hydrogen-bond donors (Lipinski definition) is 1. The van der Waals surface area contributed by atoms with Crippen molar-refractivity contribution in [1.29, 1.82) is 5.26 Å². The molecule has 1 heterocycles. The number of benzene rings is 1. The lowest BCUT2D eigenvalue weighted by Crippen LogP contribution is -2.19. The van der Waals surface area contributed by atoms with E-state index in [1.54, 1.807) is 12.5 Å². The third-order valence-corrected chi connectivity index (χ3v) is 2.69. The highest BCUT2D eigenvalue weighted by atomic mass is 16.5. The quantitative estimate of drug-likeness (QED) is 0.764. The number of nitriles is 1. The molecule has 1 N–H and O–H groups in total. The lowest BCUT2D eigenvalue weighted by molar-refractivity contribution is 0.362. The summed E-state index contributed by atoms with van der Waals surface area (Å²) >= 11 is 0. The highest BCUT2D eigenvalue weighted by Gasteiger charge is 2.02. The molecular formula is C14H16N4O. The van der Waals surface area contributed by atoms with E-state index in [-0.39, 0.29) is 6.61 Å². The molecule has 0 bridgehead atoms. The molecule has 0 aliphatic rings. The Morgan fingerprint density at radius 2 is 2.26 bits per heavy atom. The fraction of sp³-hybridized carbons (Fsp3) is 0.286. The molecule has 1 aromatic carbocycles. The molecule has 2 rings (SSSR count). The van der Waals surface area contributed by atoms with E-state index in [4.69, 9.17) is 10.00 Å². The molecule has 0 atom stereocenters. The third kappa shape index (κ3) is 4.12. The van der Waals surface area contributed by atoms with Gasteiger partial charge < -0.3 is 14.6 Å². The van der Waals surface area contributed by atoms with Crippen molar-refractivity contribution in [2.75, 3.05) is 13.2 Å². The smallest absolute Gasteiger partial charge is 0.174 e. The number of aromatic nitrogens is 2. The monoisotopic (exact) mass is 256 g/mol. The first-order chi connectivity index (χ1) is 9.40. The molecular weight excluding hydrogens is 240 g/mol. The molecule has 1 aromatic heterocycles. The number of ether oxygens (including phenoxy) is 1. The van der Waals surface area contributed by atoms with Gasteiger partial charge in [-0.2, -0.15) is 5.26 Å².